The number of hydrogen-bond acceptors (Lipinski definition) is 0. The zero-order chi connectivity index (χ0) is 11.2. The third kappa shape index (κ3) is 5.67. The maximum absolute atomic E-state index is 2.42. The third-order valence-corrected chi connectivity index (χ3v) is 3.56. The lowest BCUT2D eigenvalue weighted by Gasteiger charge is -2.30. The van der Waals surface area contributed by atoms with Gasteiger partial charge in [0, 0.05) is 0 Å². The van der Waals surface area contributed by atoms with Crippen molar-refractivity contribution >= 4 is 0 Å². The van der Waals surface area contributed by atoms with Crippen LogP contribution in [0.3, 0.4) is 0 Å². The topological polar surface area (TPSA) is 0 Å². The fourth-order valence-corrected chi connectivity index (χ4v) is 2.05. The zero-order valence-electron chi connectivity index (χ0n) is 11.2. The summed E-state index contributed by atoms with van der Waals surface area (Å²) in [5.41, 5.74) is 0.486. The molecule has 86 valence electrons. The zero-order valence-corrected chi connectivity index (χ0v) is 11.2. The van der Waals surface area contributed by atoms with Crippen molar-refractivity contribution in [1.82, 2.24) is 0 Å². The van der Waals surface area contributed by atoms with E-state index < -0.39 is 0 Å². The third-order valence-electron chi connectivity index (χ3n) is 3.56. The molecule has 0 spiro atoms. The Hall–Kier alpha value is 0. The van der Waals surface area contributed by atoms with Gasteiger partial charge in [0.1, 0.15) is 0 Å². The second-order valence-corrected chi connectivity index (χ2v) is 5.95. The van der Waals surface area contributed by atoms with Gasteiger partial charge in [-0.15, -0.1) is 0 Å². The van der Waals surface area contributed by atoms with Crippen molar-refractivity contribution in [2.75, 3.05) is 0 Å². The highest BCUT2D eigenvalue weighted by molar-refractivity contribution is 4.73. The highest BCUT2D eigenvalue weighted by Crippen LogP contribution is 2.33. The van der Waals surface area contributed by atoms with Crippen LogP contribution in [0.15, 0.2) is 0 Å². The van der Waals surface area contributed by atoms with Crippen LogP contribution >= 0.6 is 0 Å². The molecule has 0 aromatic rings. The first-order valence-electron chi connectivity index (χ1n) is 6.41. The van der Waals surface area contributed by atoms with Crippen LogP contribution in [0, 0.1) is 17.3 Å². The van der Waals surface area contributed by atoms with E-state index in [1.807, 2.05) is 0 Å². The Labute approximate surface area is 91.5 Å². The summed E-state index contributed by atoms with van der Waals surface area (Å²) in [6, 6.07) is 0. The van der Waals surface area contributed by atoms with Gasteiger partial charge in [0.25, 0.3) is 0 Å². The first kappa shape index (κ1) is 14.0. The van der Waals surface area contributed by atoms with Crippen LogP contribution in [0.4, 0.5) is 0 Å². The van der Waals surface area contributed by atoms with Crippen molar-refractivity contribution in [2.24, 2.45) is 17.3 Å². The van der Waals surface area contributed by atoms with E-state index in [1.165, 1.54) is 32.1 Å². The van der Waals surface area contributed by atoms with E-state index in [1.54, 1.807) is 0 Å². The van der Waals surface area contributed by atoms with Gasteiger partial charge in [-0.2, -0.15) is 0 Å². The molecule has 0 aliphatic heterocycles. The SMILES string of the molecule is CCCC(CCC)CC(C)C(C)(C)C. The molecule has 0 saturated carbocycles. The summed E-state index contributed by atoms with van der Waals surface area (Å²) in [5.74, 6) is 1.82. The predicted molar refractivity (Wildman–Crippen MR) is 66.5 cm³/mol. The van der Waals surface area contributed by atoms with E-state index in [4.69, 9.17) is 0 Å². The van der Waals surface area contributed by atoms with E-state index in [9.17, 15) is 0 Å². The molecule has 0 bridgehead atoms. The van der Waals surface area contributed by atoms with E-state index >= 15 is 0 Å². The second-order valence-electron chi connectivity index (χ2n) is 5.95. The first-order chi connectivity index (χ1) is 6.41. The van der Waals surface area contributed by atoms with Gasteiger partial charge in [0.05, 0.1) is 0 Å². The number of rotatable bonds is 6. The molecule has 1 unspecified atom stereocenters. The molecule has 0 amide bonds. The molecule has 0 N–H and O–H groups in total. The highest BCUT2D eigenvalue weighted by Gasteiger charge is 2.22. The van der Waals surface area contributed by atoms with Crippen LogP contribution in [0.1, 0.15) is 73.6 Å². The lowest BCUT2D eigenvalue weighted by molar-refractivity contribution is 0.203. The molecule has 0 aromatic carbocycles. The molecule has 0 heterocycles. The maximum atomic E-state index is 2.42. The molecule has 1 atom stereocenters. The molecule has 0 aliphatic carbocycles. The van der Waals surface area contributed by atoms with Gasteiger partial charge in [-0.25, -0.2) is 0 Å². The summed E-state index contributed by atoms with van der Waals surface area (Å²) in [4.78, 5) is 0. The van der Waals surface area contributed by atoms with Gasteiger partial charge in [0.2, 0.25) is 0 Å². The van der Waals surface area contributed by atoms with Crippen molar-refractivity contribution in [3.63, 3.8) is 0 Å². The summed E-state index contributed by atoms with van der Waals surface area (Å²) in [6.45, 7) is 14.1. The lowest BCUT2D eigenvalue weighted by atomic mass is 9.75. The van der Waals surface area contributed by atoms with Gasteiger partial charge in [-0.1, -0.05) is 67.2 Å². The molecule has 14 heavy (non-hydrogen) atoms. The Morgan fingerprint density at radius 1 is 0.929 bits per heavy atom. The summed E-state index contributed by atoms with van der Waals surface area (Å²) in [7, 11) is 0. The quantitative estimate of drug-likeness (QED) is 0.545. The van der Waals surface area contributed by atoms with Crippen LogP contribution < -0.4 is 0 Å². The molecule has 0 nitrogen and oxygen atoms in total. The van der Waals surface area contributed by atoms with Crippen LogP contribution in [0.5, 0.6) is 0 Å². The van der Waals surface area contributed by atoms with Gasteiger partial charge < -0.3 is 0 Å². The first-order valence-corrected chi connectivity index (χ1v) is 6.41. The van der Waals surface area contributed by atoms with E-state index in [2.05, 4.69) is 41.5 Å². The predicted octanol–water partition coefficient (Wildman–Crippen LogP) is 5.28. The summed E-state index contributed by atoms with van der Waals surface area (Å²) >= 11 is 0. The molecule has 0 aromatic heterocycles. The average Bonchev–Trinajstić information content (AvgIpc) is 2.03. The smallest absolute Gasteiger partial charge is 0.0357 e. The Bertz CT molecular complexity index is 123. The standard InChI is InChI=1S/C14H30/c1-7-9-13(10-8-2)11-12(3)14(4,5)6/h12-13H,7-11H2,1-6H3. The second kappa shape index (κ2) is 6.48. The normalized spacial score (nSPS) is 14.8. The van der Waals surface area contributed by atoms with Crippen molar-refractivity contribution < 1.29 is 0 Å². The van der Waals surface area contributed by atoms with Crippen LogP contribution in [-0.2, 0) is 0 Å². The lowest BCUT2D eigenvalue weighted by Crippen LogP contribution is -2.20. The van der Waals surface area contributed by atoms with Gasteiger partial charge in [-0.05, 0) is 23.7 Å². The summed E-state index contributed by atoms with van der Waals surface area (Å²) < 4.78 is 0. The molecule has 0 saturated heterocycles. The molecule has 0 heteroatoms. The molecule has 0 fully saturated rings. The largest absolute Gasteiger partial charge is 0.0654 e. The molecule has 0 radical (unpaired) electrons. The van der Waals surface area contributed by atoms with Crippen LogP contribution in [-0.4, -0.2) is 0 Å². The van der Waals surface area contributed by atoms with Crippen LogP contribution in [0.25, 0.3) is 0 Å². The Balaban J connectivity index is 4.01. The van der Waals surface area contributed by atoms with Gasteiger partial charge in [-0.3, -0.25) is 0 Å². The fraction of sp³-hybridized carbons (Fsp3) is 1.00. The van der Waals surface area contributed by atoms with E-state index in [0.717, 1.165) is 11.8 Å². The number of hydrogen-bond donors (Lipinski definition) is 0. The van der Waals surface area contributed by atoms with E-state index in [-0.39, 0.29) is 0 Å². The molecule has 0 rings (SSSR count). The van der Waals surface area contributed by atoms with Crippen LogP contribution in [0.2, 0.25) is 0 Å². The van der Waals surface area contributed by atoms with Crippen molar-refractivity contribution in [2.45, 2.75) is 73.6 Å². The van der Waals surface area contributed by atoms with Crippen molar-refractivity contribution in [3.8, 4) is 0 Å². The maximum Gasteiger partial charge on any atom is -0.0357 e. The summed E-state index contributed by atoms with van der Waals surface area (Å²) in [5, 5.41) is 0. The molecular formula is C14H30. The highest BCUT2D eigenvalue weighted by atomic mass is 14.3. The Morgan fingerprint density at radius 3 is 1.64 bits per heavy atom. The minimum atomic E-state index is 0.486. The fourth-order valence-electron chi connectivity index (χ4n) is 2.05. The van der Waals surface area contributed by atoms with Gasteiger partial charge in [0.15, 0.2) is 0 Å². The summed E-state index contributed by atoms with van der Waals surface area (Å²) in [6.07, 6.45) is 6.97. The van der Waals surface area contributed by atoms with Crippen molar-refractivity contribution in [1.29, 1.82) is 0 Å². The van der Waals surface area contributed by atoms with E-state index in [0.29, 0.717) is 5.41 Å². The minimum Gasteiger partial charge on any atom is -0.0654 e. The minimum absolute atomic E-state index is 0.486. The monoisotopic (exact) mass is 198 g/mol. The Kier molecular flexibility index (Phi) is 6.48. The molecular weight excluding hydrogens is 168 g/mol. The van der Waals surface area contributed by atoms with Gasteiger partial charge >= 0.3 is 0 Å². The average molecular weight is 198 g/mol. The molecule has 0 aliphatic rings. The Morgan fingerprint density at radius 2 is 1.36 bits per heavy atom. The van der Waals surface area contributed by atoms with Crippen molar-refractivity contribution in [3.05, 3.63) is 0 Å².